The average Bonchev–Trinajstić information content (AvgIpc) is 3.46. The van der Waals surface area contributed by atoms with Gasteiger partial charge in [-0.2, -0.15) is 11.3 Å². The van der Waals surface area contributed by atoms with Gasteiger partial charge >= 0.3 is 21.1 Å². The Morgan fingerprint density at radius 3 is 1.26 bits per heavy atom. The first-order valence-electron chi connectivity index (χ1n) is 23.0. The van der Waals surface area contributed by atoms with Crippen LogP contribution in [-0.4, -0.2) is 9.97 Å². The van der Waals surface area contributed by atoms with Gasteiger partial charge in [-0.05, 0) is 54.1 Å². The second-order valence-corrected chi connectivity index (χ2v) is 22.7. The number of rotatable bonds is 11. The zero-order chi connectivity index (χ0) is 49.3. The summed E-state index contributed by atoms with van der Waals surface area (Å²) in [6, 6.07) is 85.2. The number of aromatic nitrogens is 2. The SMILES string of the molecule is O=P(c1ccccc1)(c1ccccc1)c1ccccc1-c1ccccc1P(=O)(c1ccccc1)c1ccccc1.[C-]#[N+]c1cc[c-]c(-c2cccc(C(C)(C)c3cccc(-c4[c-]ccc(C#N)c4)n3)n2)c1.[Pt+2]. The largest absolute Gasteiger partial charge is 2.00 e. The van der Waals surface area contributed by atoms with Crippen molar-refractivity contribution >= 4 is 51.8 Å². The molecule has 0 saturated heterocycles. The maximum Gasteiger partial charge on any atom is 2.00 e. The predicted molar refractivity (Wildman–Crippen MR) is 291 cm³/mol. The molecule has 0 unspecified atom stereocenters. The van der Waals surface area contributed by atoms with Crippen molar-refractivity contribution in [3.63, 3.8) is 0 Å². The maximum absolute atomic E-state index is 15.4. The topological polar surface area (TPSA) is 88.1 Å². The Bertz CT molecular complexity index is 3340. The van der Waals surface area contributed by atoms with Crippen LogP contribution in [0.4, 0.5) is 5.69 Å². The zero-order valence-electron chi connectivity index (χ0n) is 39.4. The molecule has 0 fully saturated rings. The van der Waals surface area contributed by atoms with Crippen molar-refractivity contribution in [3.8, 4) is 39.7 Å². The molecule has 0 aliphatic carbocycles. The number of nitriles is 1. The van der Waals surface area contributed by atoms with Gasteiger partial charge in [-0.15, -0.1) is 53.6 Å². The Hall–Kier alpha value is -7.81. The van der Waals surface area contributed by atoms with Gasteiger partial charge in [-0.25, -0.2) is 0 Å². The summed E-state index contributed by atoms with van der Waals surface area (Å²) in [4.78, 5) is 13.2. The Kier molecular flexibility index (Phi) is 15.8. The van der Waals surface area contributed by atoms with Crippen molar-refractivity contribution < 1.29 is 30.2 Å². The quantitative estimate of drug-likeness (QED) is 0.0951. The molecule has 0 spiro atoms. The fourth-order valence-electron chi connectivity index (χ4n) is 8.71. The third-order valence-corrected chi connectivity index (χ3v) is 18.7. The summed E-state index contributed by atoms with van der Waals surface area (Å²) in [5.74, 6) is 0. The minimum absolute atomic E-state index is 0. The molecule has 0 atom stereocenters. The molecule has 0 saturated carbocycles. The monoisotopic (exact) mass is 1150 g/mol. The summed E-state index contributed by atoms with van der Waals surface area (Å²) in [5, 5.41) is 13.7. The third-order valence-electron chi connectivity index (χ3n) is 12.4. The third kappa shape index (κ3) is 10.3. The fourth-order valence-corrected chi connectivity index (χ4v) is 14.4. The summed E-state index contributed by atoms with van der Waals surface area (Å²) >= 11 is 0. The van der Waals surface area contributed by atoms with E-state index in [0.29, 0.717) is 11.3 Å². The smallest absolute Gasteiger partial charge is 0.309 e. The number of hydrogen-bond donors (Lipinski definition) is 0. The molecule has 10 aromatic rings. The minimum Gasteiger partial charge on any atom is -0.309 e. The van der Waals surface area contributed by atoms with E-state index in [4.69, 9.17) is 16.5 Å². The fraction of sp³-hybridized carbons (Fsp3) is 0.0476. The van der Waals surface area contributed by atoms with E-state index in [2.05, 4.69) is 36.9 Å². The molecule has 8 aromatic carbocycles. The van der Waals surface area contributed by atoms with Crippen LogP contribution in [0.1, 0.15) is 30.8 Å². The standard InChI is InChI=1S/C36H28O2P2.C27H18N4.Pt/c37-39(29-17-5-1-6-18-29,30-19-7-2-8-20-30)35-27-15-13-25-33(35)34-26-14-16-28-36(34)40(38,31-21-9-3-10-22-31)32-23-11-4-12-24-32;1-27(2,25-14-6-12-23(30-25)20-9-4-8-19(16-20)18-28)26-15-7-13-24(31-26)21-10-5-11-22(17-21)29-3;/h1-28H;4-8,11-17H,1-2H3;/q;-2;+2. The molecule has 9 heteroatoms. The van der Waals surface area contributed by atoms with Crippen molar-refractivity contribution in [2.24, 2.45) is 0 Å². The Labute approximate surface area is 436 Å². The van der Waals surface area contributed by atoms with Crippen LogP contribution in [-0.2, 0) is 35.6 Å². The van der Waals surface area contributed by atoms with Crippen LogP contribution in [0, 0.1) is 30.0 Å². The molecule has 0 bridgehead atoms. The number of hydrogen-bond acceptors (Lipinski definition) is 5. The number of nitrogens with zero attached hydrogens (tertiary/aromatic N) is 4. The molecule has 0 aliphatic heterocycles. The molecule has 0 aliphatic rings. The normalized spacial score (nSPS) is 11.2. The molecule has 10 rings (SSSR count). The van der Waals surface area contributed by atoms with E-state index in [0.717, 1.165) is 76.9 Å². The first kappa shape index (κ1) is 50.6. The molecule has 0 amide bonds. The van der Waals surface area contributed by atoms with Crippen molar-refractivity contribution in [3.05, 3.63) is 283 Å². The van der Waals surface area contributed by atoms with Gasteiger partial charge in [-0.3, -0.25) is 4.85 Å². The van der Waals surface area contributed by atoms with E-state index in [1.807, 2.05) is 206 Å². The van der Waals surface area contributed by atoms with Crippen LogP contribution in [0.2, 0.25) is 0 Å². The predicted octanol–water partition coefficient (Wildman–Crippen LogP) is 12.8. The van der Waals surface area contributed by atoms with Crippen molar-refractivity contribution in [1.82, 2.24) is 9.97 Å². The Morgan fingerprint density at radius 2 is 0.861 bits per heavy atom. The van der Waals surface area contributed by atoms with Gasteiger partial charge in [-0.1, -0.05) is 194 Å². The number of benzene rings is 8. The molecule has 350 valence electrons. The van der Waals surface area contributed by atoms with E-state index < -0.39 is 19.7 Å². The molecule has 72 heavy (non-hydrogen) atoms. The van der Waals surface area contributed by atoms with Crippen LogP contribution in [0.3, 0.4) is 0 Å². The van der Waals surface area contributed by atoms with Gasteiger partial charge in [0.05, 0.1) is 12.6 Å². The van der Waals surface area contributed by atoms with Gasteiger partial charge in [0.25, 0.3) is 0 Å². The molecule has 0 N–H and O–H groups in total. The summed E-state index contributed by atoms with van der Waals surface area (Å²) in [6.45, 7) is 11.4. The molecule has 6 nitrogen and oxygen atoms in total. The first-order chi connectivity index (χ1) is 34.6. The summed E-state index contributed by atoms with van der Waals surface area (Å²) < 4.78 is 30.9. The second kappa shape index (κ2) is 22.5. The summed E-state index contributed by atoms with van der Waals surface area (Å²) in [5.41, 5.74) is 7.14. The minimum atomic E-state index is -3.29. The maximum atomic E-state index is 15.4. The van der Waals surface area contributed by atoms with Crippen molar-refractivity contribution in [2.45, 2.75) is 19.3 Å². The van der Waals surface area contributed by atoms with Crippen LogP contribution in [0.15, 0.2) is 243 Å². The van der Waals surface area contributed by atoms with Crippen LogP contribution < -0.4 is 31.8 Å². The van der Waals surface area contributed by atoms with E-state index in [-0.39, 0.29) is 21.1 Å². The van der Waals surface area contributed by atoms with Crippen LogP contribution >= 0.6 is 14.3 Å². The van der Waals surface area contributed by atoms with Crippen molar-refractivity contribution in [2.75, 3.05) is 0 Å². The van der Waals surface area contributed by atoms with Gasteiger partial charge in [0.1, 0.15) is 5.69 Å². The molecule has 2 heterocycles. The van der Waals surface area contributed by atoms with E-state index in [9.17, 15) is 5.26 Å². The van der Waals surface area contributed by atoms with Gasteiger partial charge in [0.15, 0.2) is 14.3 Å². The molecule has 0 radical (unpaired) electrons. The van der Waals surface area contributed by atoms with E-state index in [1.54, 1.807) is 36.4 Å². The van der Waals surface area contributed by atoms with Crippen molar-refractivity contribution in [1.29, 1.82) is 5.26 Å². The molecular weight excluding hydrogens is 1100 g/mol. The van der Waals surface area contributed by atoms with E-state index in [1.165, 1.54) is 0 Å². The Morgan fingerprint density at radius 1 is 0.486 bits per heavy atom. The van der Waals surface area contributed by atoms with Crippen LogP contribution in [0.5, 0.6) is 0 Å². The Balaban J connectivity index is 0.000000196. The van der Waals surface area contributed by atoms with Gasteiger partial charge in [0.2, 0.25) is 0 Å². The molecule has 2 aromatic heterocycles. The summed E-state index contributed by atoms with van der Waals surface area (Å²) in [6.07, 6.45) is 0. The first-order valence-corrected chi connectivity index (χ1v) is 26.4. The van der Waals surface area contributed by atoms with Crippen LogP contribution in [0.25, 0.3) is 38.5 Å². The molecular formula is C63H46N4O2P2Pt. The number of pyridine rings is 2. The second-order valence-electron chi connectivity index (χ2n) is 17.2. The summed E-state index contributed by atoms with van der Waals surface area (Å²) in [7, 11) is -6.57. The van der Waals surface area contributed by atoms with Gasteiger partial charge in [0, 0.05) is 48.6 Å². The van der Waals surface area contributed by atoms with E-state index >= 15 is 9.13 Å². The zero-order valence-corrected chi connectivity index (χ0v) is 43.5. The van der Waals surface area contributed by atoms with Gasteiger partial charge < -0.3 is 19.1 Å². The average molecular weight is 1150 g/mol.